The Hall–Kier alpha value is -2.47. The van der Waals surface area contributed by atoms with Crippen molar-refractivity contribution < 1.29 is 4.79 Å². The maximum atomic E-state index is 11.9. The van der Waals surface area contributed by atoms with Crippen LogP contribution in [0.15, 0.2) is 36.7 Å². The van der Waals surface area contributed by atoms with Gasteiger partial charge in [0.15, 0.2) is 0 Å². The van der Waals surface area contributed by atoms with Crippen molar-refractivity contribution in [2.24, 2.45) is 0 Å². The van der Waals surface area contributed by atoms with E-state index < -0.39 is 0 Å². The van der Waals surface area contributed by atoms with Crippen LogP contribution >= 0.6 is 0 Å². The third-order valence-corrected chi connectivity index (χ3v) is 4.52. The summed E-state index contributed by atoms with van der Waals surface area (Å²) in [6, 6.07) is 10.1. The lowest BCUT2D eigenvalue weighted by molar-refractivity contribution is 0.0962. The Balaban J connectivity index is 1.85. The van der Waals surface area contributed by atoms with Crippen molar-refractivity contribution >= 4 is 11.7 Å². The molecule has 1 aliphatic heterocycles. The number of rotatable bonds is 3. The number of nitrogens with zero attached hydrogens (tertiary/aromatic N) is 4. The van der Waals surface area contributed by atoms with E-state index in [-0.39, 0.29) is 11.9 Å². The molecule has 3 rings (SSSR count). The molecule has 1 saturated heterocycles. The van der Waals surface area contributed by atoms with E-state index in [0.717, 1.165) is 36.7 Å². The molecule has 0 aliphatic carbocycles. The minimum Gasteiger partial charge on any atom is -0.355 e. The first-order chi connectivity index (χ1) is 11.6. The molecule has 6 nitrogen and oxygen atoms in total. The number of nitrogens with one attached hydrogen (secondary N) is 1. The molecule has 126 valence electrons. The summed E-state index contributed by atoms with van der Waals surface area (Å²) in [4.78, 5) is 25.1. The summed E-state index contributed by atoms with van der Waals surface area (Å²) in [5, 5.41) is 2.68. The molecule has 0 radical (unpaired) electrons. The molecule has 24 heavy (non-hydrogen) atoms. The Morgan fingerprint density at radius 3 is 2.83 bits per heavy atom. The topological polar surface area (TPSA) is 61.4 Å². The molecular weight excluding hydrogens is 302 g/mol. The second kappa shape index (κ2) is 6.97. The molecule has 0 unspecified atom stereocenters. The monoisotopic (exact) mass is 325 g/mol. The molecule has 6 heteroatoms. The summed E-state index contributed by atoms with van der Waals surface area (Å²) in [6.45, 7) is 4.69. The fourth-order valence-corrected chi connectivity index (χ4v) is 3.09. The van der Waals surface area contributed by atoms with Gasteiger partial charge in [-0.2, -0.15) is 0 Å². The Morgan fingerprint density at radius 2 is 2.08 bits per heavy atom. The predicted octanol–water partition coefficient (Wildman–Crippen LogP) is 1.64. The van der Waals surface area contributed by atoms with Crippen LogP contribution in [0.25, 0.3) is 0 Å². The van der Waals surface area contributed by atoms with E-state index in [9.17, 15) is 4.79 Å². The molecule has 2 heterocycles. The van der Waals surface area contributed by atoms with Gasteiger partial charge in [0.1, 0.15) is 12.1 Å². The van der Waals surface area contributed by atoms with Crippen molar-refractivity contribution in [1.29, 1.82) is 0 Å². The van der Waals surface area contributed by atoms with E-state index in [2.05, 4.69) is 38.2 Å². The number of piperazine rings is 1. The molecule has 1 aliphatic rings. The molecule has 0 spiro atoms. The van der Waals surface area contributed by atoms with Crippen molar-refractivity contribution in [3.63, 3.8) is 0 Å². The molecule has 1 aromatic heterocycles. The largest absolute Gasteiger partial charge is 0.355 e. The second-order valence-electron chi connectivity index (χ2n) is 6.16. The lowest BCUT2D eigenvalue weighted by Crippen LogP contribution is -2.47. The first-order valence-electron chi connectivity index (χ1n) is 8.14. The molecule has 1 amide bonds. The number of hydrogen-bond donors (Lipinski definition) is 1. The van der Waals surface area contributed by atoms with Gasteiger partial charge in [-0.25, -0.2) is 9.97 Å². The van der Waals surface area contributed by atoms with Crippen molar-refractivity contribution in [3.8, 4) is 0 Å². The average Bonchev–Trinajstić information content (AvgIpc) is 2.61. The number of benzene rings is 1. The molecule has 2 aromatic rings. The van der Waals surface area contributed by atoms with E-state index in [0.29, 0.717) is 5.56 Å². The number of anilines is 1. The highest BCUT2D eigenvalue weighted by atomic mass is 16.1. The molecule has 1 aromatic carbocycles. The Morgan fingerprint density at radius 1 is 1.25 bits per heavy atom. The fraction of sp³-hybridized carbons (Fsp3) is 0.389. The molecule has 1 atom stereocenters. The van der Waals surface area contributed by atoms with Gasteiger partial charge >= 0.3 is 0 Å². The third kappa shape index (κ3) is 3.38. The van der Waals surface area contributed by atoms with Crippen molar-refractivity contribution in [2.45, 2.75) is 13.0 Å². The summed E-state index contributed by atoms with van der Waals surface area (Å²) >= 11 is 0. The number of likely N-dealkylation sites (N-methyl/N-ethyl adjacent to an activating group) is 1. The number of amides is 1. The number of aryl methyl sites for hydroxylation is 1. The van der Waals surface area contributed by atoms with E-state index in [1.165, 1.54) is 0 Å². The summed E-state index contributed by atoms with van der Waals surface area (Å²) in [5.41, 5.74) is 2.81. The number of hydrogen-bond acceptors (Lipinski definition) is 5. The van der Waals surface area contributed by atoms with Crippen molar-refractivity contribution in [2.75, 3.05) is 38.6 Å². The number of aromatic nitrogens is 2. The van der Waals surface area contributed by atoms with Gasteiger partial charge < -0.3 is 10.2 Å². The van der Waals surface area contributed by atoms with E-state index in [1.807, 2.05) is 31.2 Å². The van der Waals surface area contributed by atoms with Crippen LogP contribution in [0.5, 0.6) is 0 Å². The van der Waals surface area contributed by atoms with Gasteiger partial charge in [0.25, 0.3) is 5.91 Å². The molecular formula is C18H23N5O. The van der Waals surface area contributed by atoms with Crippen LogP contribution < -0.4 is 10.2 Å². The quantitative estimate of drug-likeness (QED) is 0.929. The molecule has 1 N–H and O–H groups in total. The van der Waals surface area contributed by atoms with Gasteiger partial charge in [0.05, 0.1) is 6.04 Å². The number of carbonyl (C=O) groups excluding carboxylic acids is 1. The Labute approximate surface area is 142 Å². The SMILES string of the molecule is CNC(=O)c1cccc([C@H]2CN(c3cc(C)ncn3)CCN2C)c1. The maximum Gasteiger partial charge on any atom is 0.251 e. The first kappa shape index (κ1) is 16.4. The van der Waals surface area contributed by atoms with Crippen LogP contribution in [0.1, 0.15) is 27.7 Å². The van der Waals surface area contributed by atoms with Gasteiger partial charge in [0.2, 0.25) is 0 Å². The highest BCUT2D eigenvalue weighted by molar-refractivity contribution is 5.94. The van der Waals surface area contributed by atoms with Gasteiger partial charge in [-0.15, -0.1) is 0 Å². The van der Waals surface area contributed by atoms with Crippen LogP contribution in [0.2, 0.25) is 0 Å². The van der Waals surface area contributed by atoms with Crippen LogP contribution in [0, 0.1) is 6.92 Å². The molecule has 0 saturated carbocycles. The lowest BCUT2D eigenvalue weighted by Gasteiger charge is -2.40. The maximum absolute atomic E-state index is 11.9. The predicted molar refractivity (Wildman–Crippen MR) is 94.2 cm³/mol. The zero-order valence-electron chi connectivity index (χ0n) is 14.4. The third-order valence-electron chi connectivity index (χ3n) is 4.52. The normalized spacial score (nSPS) is 18.5. The van der Waals surface area contributed by atoms with Crippen LogP contribution in [-0.2, 0) is 0 Å². The van der Waals surface area contributed by atoms with E-state index in [4.69, 9.17) is 0 Å². The minimum absolute atomic E-state index is 0.0569. The highest BCUT2D eigenvalue weighted by Crippen LogP contribution is 2.27. The zero-order valence-corrected chi connectivity index (χ0v) is 14.4. The van der Waals surface area contributed by atoms with Gasteiger partial charge in [-0.1, -0.05) is 12.1 Å². The Kier molecular flexibility index (Phi) is 4.76. The van der Waals surface area contributed by atoms with Crippen LogP contribution in [-0.4, -0.2) is 54.5 Å². The summed E-state index contributed by atoms with van der Waals surface area (Å²) in [7, 11) is 3.78. The highest BCUT2D eigenvalue weighted by Gasteiger charge is 2.27. The lowest BCUT2D eigenvalue weighted by atomic mass is 10.00. The van der Waals surface area contributed by atoms with Crippen LogP contribution in [0.4, 0.5) is 5.82 Å². The Bertz CT molecular complexity index is 733. The smallest absolute Gasteiger partial charge is 0.251 e. The van der Waals surface area contributed by atoms with Crippen LogP contribution in [0.3, 0.4) is 0 Å². The molecule has 1 fully saturated rings. The minimum atomic E-state index is -0.0569. The van der Waals surface area contributed by atoms with E-state index in [1.54, 1.807) is 13.4 Å². The standard InChI is InChI=1S/C18H23N5O/c1-13-9-17(21-12-20-13)23-8-7-22(3)16(11-23)14-5-4-6-15(10-14)18(24)19-2/h4-6,9-10,12,16H,7-8,11H2,1-3H3,(H,19,24)/t16-/m1/s1. The number of carbonyl (C=O) groups is 1. The van der Waals surface area contributed by atoms with Gasteiger partial charge in [0, 0.05) is 44.0 Å². The second-order valence-corrected chi connectivity index (χ2v) is 6.16. The summed E-state index contributed by atoms with van der Waals surface area (Å²) in [5.74, 6) is 0.904. The van der Waals surface area contributed by atoms with E-state index >= 15 is 0 Å². The van der Waals surface area contributed by atoms with Crippen molar-refractivity contribution in [1.82, 2.24) is 20.2 Å². The molecule has 0 bridgehead atoms. The summed E-state index contributed by atoms with van der Waals surface area (Å²) < 4.78 is 0. The van der Waals surface area contributed by atoms with Gasteiger partial charge in [-0.05, 0) is 31.7 Å². The first-order valence-corrected chi connectivity index (χ1v) is 8.14. The fourth-order valence-electron chi connectivity index (χ4n) is 3.09. The van der Waals surface area contributed by atoms with Crippen molar-refractivity contribution in [3.05, 3.63) is 53.5 Å². The summed E-state index contributed by atoms with van der Waals surface area (Å²) in [6.07, 6.45) is 1.62. The van der Waals surface area contributed by atoms with Gasteiger partial charge in [-0.3, -0.25) is 9.69 Å². The zero-order chi connectivity index (χ0) is 17.1. The average molecular weight is 325 g/mol.